The lowest BCUT2D eigenvalue weighted by atomic mass is 9.92. The van der Waals surface area contributed by atoms with Gasteiger partial charge in [-0.3, -0.25) is 0 Å². The zero-order chi connectivity index (χ0) is 15.4. The van der Waals surface area contributed by atoms with Crippen molar-refractivity contribution in [2.24, 2.45) is 0 Å². The van der Waals surface area contributed by atoms with E-state index in [-0.39, 0.29) is 5.75 Å². The van der Waals surface area contributed by atoms with E-state index in [2.05, 4.69) is 16.8 Å². The zero-order valence-electron chi connectivity index (χ0n) is 12.5. The van der Waals surface area contributed by atoms with Gasteiger partial charge in [0.1, 0.15) is 0 Å². The van der Waals surface area contributed by atoms with Crippen molar-refractivity contribution in [2.75, 3.05) is 18.8 Å². The average molecular weight is 335 g/mol. The SMILES string of the molecule is O=S(=O)(CCc1ccccc1)N1CCC(c2ccsc2)CC1. The maximum absolute atomic E-state index is 12.5. The summed E-state index contributed by atoms with van der Waals surface area (Å²) < 4.78 is 26.6. The number of sulfonamides is 1. The summed E-state index contributed by atoms with van der Waals surface area (Å²) in [6.07, 6.45) is 2.45. The highest BCUT2D eigenvalue weighted by Gasteiger charge is 2.28. The van der Waals surface area contributed by atoms with Gasteiger partial charge >= 0.3 is 0 Å². The summed E-state index contributed by atoms with van der Waals surface area (Å²) in [5, 5.41) is 4.28. The first-order valence-electron chi connectivity index (χ1n) is 7.69. The van der Waals surface area contributed by atoms with Crippen LogP contribution in [0.25, 0.3) is 0 Å². The first kappa shape index (κ1) is 15.7. The summed E-state index contributed by atoms with van der Waals surface area (Å²) >= 11 is 1.71. The maximum atomic E-state index is 12.5. The maximum Gasteiger partial charge on any atom is 0.214 e. The van der Waals surface area contributed by atoms with E-state index in [1.807, 2.05) is 30.3 Å². The van der Waals surface area contributed by atoms with Gasteiger partial charge in [0.2, 0.25) is 10.0 Å². The minimum Gasteiger partial charge on any atom is -0.212 e. The molecule has 22 heavy (non-hydrogen) atoms. The molecule has 0 unspecified atom stereocenters. The van der Waals surface area contributed by atoms with Gasteiger partial charge in [0.25, 0.3) is 0 Å². The van der Waals surface area contributed by atoms with Crippen molar-refractivity contribution in [1.82, 2.24) is 4.31 Å². The normalized spacial score (nSPS) is 17.6. The number of aryl methyl sites for hydroxylation is 1. The highest BCUT2D eigenvalue weighted by Crippen LogP contribution is 2.30. The van der Waals surface area contributed by atoms with E-state index in [0.717, 1.165) is 18.4 Å². The van der Waals surface area contributed by atoms with Crippen LogP contribution in [0.5, 0.6) is 0 Å². The number of hydrogen-bond acceptors (Lipinski definition) is 3. The molecule has 0 atom stereocenters. The molecule has 1 fully saturated rings. The van der Waals surface area contributed by atoms with E-state index < -0.39 is 10.0 Å². The van der Waals surface area contributed by atoms with Gasteiger partial charge in [-0.25, -0.2) is 12.7 Å². The fourth-order valence-electron chi connectivity index (χ4n) is 3.00. The fraction of sp³-hybridized carbons (Fsp3) is 0.412. The lowest BCUT2D eigenvalue weighted by molar-refractivity contribution is 0.320. The first-order valence-corrected chi connectivity index (χ1v) is 10.2. The van der Waals surface area contributed by atoms with Gasteiger partial charge in [-0.15, -0.1) is 0 Å². The van der Waals surface area contributed by atoms with Crippen LogP contribution in [0, 0.1) is 0 Å². The van der Waals surface area contributed by atoms with Crippen molar-refractivity contribution >= 4 is 21.4 Å². The minimum atomic E-state index is -3.14. The molecule has 3 nitrogen and oxygen atoms in total. The van der Waals surface area contributed by atoms with Gasteiger partial charge in [-0.2, -0.15) is 11.3 Å². The van der Waals surface area contributed by atoms with E-state index in [9.17, 15) is 8.42 Å². The van der Waals surface area contributed by atoms with Crippen molar-refractivity contribution in [3.63, 3.8) is 0 Å². The monoisotopic (exact) mass is 335 g/mol. The smallest absolute Gasteiger partial charge is 0.212 e. The van der Waals surface area contributed by atoms with Crippen LogP contribution >= 0.6 is 11.3 Å². The number of hydrogen-bond donors (Lipinski definition) is 0. The van der Waals surface area contributed by atoms with Crippen LogP contribution in [0.1, 0.15) is 29.9 Å². The molecule has 1 aromatic carbocycles. The summed E-state index contributed by atoms with van der Waals surface area (Å²) in [6, 6.07) is 12.0. The molecule has 0 saturated carbocycles. The Balaban J connectivity index is 1.55. The Morgan fingerprint density at radius 1 is 1.09 bits per heavy atom. The molecule has 1 aromatic heterocycles. The van der Waals surface area contributed by atoms with Crippen LogP contribution in [-0.4, -0.2) is 31.6 Å². The molecule has 0 radical (unpaired) electrons. The standard InChI is InChI=1S/C17H21NO2S2/c19-22(20,13-9-15-4-2-1-3-5-15)18-10-6-16(7-11-18)17-8-12-21-14-17/h1-5,8,12,14,16H,6-7,9-11,13H2. The predicted molar refractivity (Wildman–Crippen MR) is 91.8 cm³/mol. The van der Waals surface area contributed by atoms with Crippen LogP contribution in [0.4, 0.5) is 0 Å². The quantitative estimate of drug-likeness (QED) is 0.838. The minimum absolute atomic E-state index is 0.208. The Morgan fingerprint density at radius 3 is 2.45 bits per heavy atom. The molecule has 2 aromatic rings. The molecule has 0 spiro atoms. The number of piperidine rings is 1. The molecule has 1 saturated heterocycles. The Morgan fingerprint density at radius 2 is 1.82 bits per heavy atom. The van der Waals surface area contributed by atoms with Crippen LogP contribution < -0.4 is 0 Å². The Labute approximate surface area is 136 Å². The molecule has 2 heterocycles. The molecule has 118 valence electrons. The van der Waals surface area contributed by atoms with Crippen LogP contribution in [0.2, 0.25) is 0 Å². The highest BCUT2D eigenvalue weighted by molar-refractivity contribution is 7.89. The largest absolute Gasteiger partial charge is 0.214 e. The molecular weight excluding hydrogens is 314 g/mol. The second-order valence-electron chi connectivity index (χ2n) is 5.78. The fourth-order valence-corrected chi connectivity index (χ4v) is 5.26. The molecule has 0 N–H and O–H groups in total. The third-order valence-electron chi connectivity index (χ3n) is 4.35. The van der Waals surface area contributed by atoms with Gasteiger partial charge in [0, 0.05) is 13.1 Å². The molecule has 1 aliphatic heterocycles. The molecule has 0 amide bonds. The van der Waals surface area contributed by atoms with Crippen LogP contribution in [-0.2, 0) is 16.4 Å². The first-order chi connectivity index (χ1) is 10.6. The summed E-state index contributed by atoms with van der Waals surface area (Å²) in [6.45, 7) is 1.30. The van der Waals surface area contributed by atoms with Crippen molar-refractivity contribution in [2.45, 2.75) is 25.2 Å². The molecule has 0 aliphatic carbocycles. The van der Waals surface area contributed by atoms with E-state index >= 15 is 0 Å². The van der Waals surface area contributed by atoms with Gasteiger partial charge in [0.05, 0.1) is 5.75 Å². The van der Waals surface area contributed by atoms with E-state index in [1.165, 1.54) is 5.56 Å². The lowest BCUT2D eigenvalue weighted by Gasteiger charge is -2.31. The van der Waals surface area contributed by atoms with Crippen molar-refractivity contribution < 1.29 is 8.42 Å². The Kier molecular flexibility index (Phi) is 4.96. The Bertz CT molecular complexity index is 673. The number of thiophene rings is 1. The van der Waals surface area contributed by atoms with E-state index in [4.69, 9.17) is 0 Å². The average Bonchev–Trinajstić information content (AvgIpc) is 3.09. The van der Waals surface area contributed by atoms with Crippen molar-refractivity contribution in [1.29, 1.82) is 0 Å². The topological polar surface area (TPSA) is 37.4 Å². The summed E-state index contributed by atoms with van der Waals surface area (Å²) in [7, 11) is -3.14. The number of nitrogens with zero attached hydrogens (tertiary/aromatic N) is 1. The summed E-state index contributed by atoms with van der Waals surface area (Å²) in [5.41, 5.74) is 2.45. The molecule has 1 aliphatic rings. The van der Waals surface area contributed by atoms with Gasteiger partial charge in [0.15, 0.2) is 0 Å². The third-order valence-corrected chi connectivity index (χ3v) is 6.93. The Hall–Kier alpha value is -1.17. The van der Waals surface area contributed by atoms with E-state index in [0.29, 0.717) is 25.4 Å². The highest BCUT2D eigenvalue weighted by atomic mass is 32.2. The summed E-state index contributed by atoms with van der Waals surface area (Å²) in [4.78, 5) is 0. The molecule has 3 rings (SSSR count). The van der Waals surface area contributed by atoms with Gasteiger partial charge in [-0.1, -0.05) is 30.3 Å². The molecule has 5 heteroatoms. The third kappa shape index (κ3) is 3.77. The van der Waals surface area contributed by atoms with Gasteiger partial charge < -0.3 is 0 Å². The number of benzene rings is 1. The van der Waals surface area contributed by atoms with Crippen molar-refractivity contribution in [3.05, 3.63) is 58.3 Å². The van der Waals surface area contributed by atoms with E-state index in [1.54, 1.807) is 15.6 Å². The summed E-state index contributed by atoms with van der Waals surface area (Å²) in [5.74, 6) is 0.729. The molecular formula is C17H21NO2S2. The van der Waals surface area contributed by atoms with Crippen molar-refractivity contribution in [3.8, 4) is 0 Å². The zero-order valence-corrected chi connectivity index (χ0v) is 14.2. The van der Waals surface area contributed by atoms with Gasteiger partial charge in [-0.05, 0) is 53.1 Å². The molecule has 0 bridgehead atoms. The lowest BCUT2D eigenvalue weighted by Crippen LogP contribution is -2.39. The second kappa shape index (κ2) is 6.94. The van der Waals surface area contributed by atoms with Crippen LogP contribution in [0.15, 0.2) is 47.2 Å². The number of rotatable bonds is 5. The van der Waals surface area contributed by atoms with Crippen LogP contribution in [0.3, 0.4) is 0 Å². The second-order valence-corrected chi connectivity index (χ2v) is 8.65. The predicted octanol–water partition coefficient (Wildman–Crippen LogP) is 3.50.